The molecule has 5 heteroatoms. The topological polar surface area (TPSA) is 47.1 Å². The molecule has 0 radical (unpaired) electrons. The molecular weight excluding hydrogens is 673 g/mol. The Morgan fingerprint density at radius 1 is 0.418 bits per heavy atom. The fraction of sp³-hybridized carbons (Fsp3) is 0. The predicted octanol–water partition coefficient (Wildman–Crippen LogP) is 13.4. The smallest absolute Gasteiger partial charge is 0.137 e. The van der Waals surface area contributed by atoms with Gasteiger partial charge in [-0.05, 0) is 105 Å². The van der Waals surface area contributed by atoms with Crippen LogP contribution in [0.3, 0.4) is 0 Å². The maximum atomic E-state index is 6.39. The summed E-state index contributed by atoms with van der Waals surface area (Å²) in [5.74, 6) is 0. The van der Waals surface area contributed by atoms with E-state index in [-0.39, 0.29) is 0 Å². The van der Waals surface area contributed by atoms with Crippen LogP contribution in [0.2, 0.25) is 0 Å². The molecule has 0 bridgehead atoms. The van der Waals surface area contributed by atoms with E-state index in [1.807, 2.05) is 42.5 Å². The van der Waals surface area contributed by atoms with Crippen LogP contribution in [0.4, 0.5) is 17.1 Å². The Balaban J connectivity index is 1.07. The third-order valence-electron chi connectivity index (χ3n) is 10.6. The predicted molar refractivity (Wildman–Crippen MR) is 227 cm³/mol. The van der Waals surface area contributed by atoms with Gasteiger partial charge in [0, 0.05) is 22.1 Å². The molecule has 0 aliphatic carbocycles. The fourth-order valence-electron chi connectivity index (χ4n) is 8.03. The minimum absolute atomic E-state index is 0.860. The first-order valence-corrected chi connectivity index (χ1v) is 18.5. The molecule has 0 saturated carbocycles. The Morgan fingerprint density at radius 2 is 1.05 bits per heavy atom. The Kier molecular flexibility index (Phi) is 7.10. The summed E-state index contributed by atoms with van der Waals surface area (Å²) in [5.41, 5.74) is 12.2. The van der Waals surface area contributed by atoms with Gasteiger partial charge in [0.1, 0.15) is 22.2 Å². The van der Waals surface area contributed by atoms with Crippen molar-refractivity contribution >= 4 is 71.6 Å². The minimum Gasteiger partial charge on any atom is -0.456 e. The number of benzene rings is 9. The van der Waals surface area contributed by atoms with Crippen molar-refractivity contribution in [2.45, 2.75) is 0 Å². The van der Waals surface area contributed by atoms with E-state index in [1.165, 1.54) is 5.56 Å². The van der Waals surface area contributed by atoms with Gasteiger partial charge in [-0.3, -0.25) is 0 Å². The van der Waals surface area contributed by atoms with E-state index in [2.05, 4.69) is 157 Å². The SMILES string of the molecule is c1ccc(-c2cccc(N(c3cccc(-c4ccc5c(ccc6ccc7nn(-c8ccccc8)nc7c65)c4)c3)c3cccc4oc5ccccc5c34)c2)cc1. The maximum Gasteiger partial charge on any atom is 0.137 e. The molecule has 0 fully saturated rings. The number of hydrogen-bond donors (Lipinski definition) is 0. The van der Waals surface area contributed by atoms with Crippen LogP contribution in [-0.2, 0) is 0 Å². The molecule has 11 aromatic rings. The number of para-hydroxylation sites is 2. The highest BCUT2D eigenvalue weighted by molar-refractivity contribution is 6.19. The van der Waals surface area contributed by atoms with Crippen LogP contribution in [0, 0.1) is 0 Å². The van der Waals surface area contributed by atoms with Crippen molar-refractivity contribution in [1.29, 1.82) is 0 Å². The lowest BCUT2D eigenvalue weighted by Gasteiger charge is -2.27. The lowest BCUT2D eigenvalue weighted by Crippen LogP contribution is -2.10. The van der Waals surface area contributed by atoms with E-state index in [1.54, 1.807) is 4.80 Å². The summed E-state index contributed by atoms with van der Waals surface area (Å²) in [6.07, 6.45) is 0. The minimum atomic E-state index is 0.860. The molecule has 5 nitrogen and oxygen atoms in total. The number of nitrogens with zero attached hydrogens (tertiary/aromatic N) is 4. The molecule has 11 rings (SSSR count). The van der Waals surface area contributed by atoms with Gasteiger partial charge >= 0.3 is 0 Å². The van der Waals surface area contributed by atoms with Gasteiger partial charge in [-0.1, -0.05) is 127 Å². The van der Waals surface area contributed by atoms with Crippen molar-refractivity contribution in [1.82, 2.24) is 15.0 Å². The number of furan rings is 1. The summed E-state index contributed by atoms with van der Waals surface area (Å²) < 4.78 is 6.39. The van der Waals surface area contributed by atoms with Gasteiger partial charge in [-0.2, -0.15) is 4.80 Å². The van der Waals surface area contributed by atoms with Gasteiger partial charge in [0.15, 0.2) is 0 Å². The summed E-state index contributed by atoms with van der Waals surface area (Å²) in [6.45, 7) is 0. The Bertz CT molecular complexity index is 3220. The average Bonchev–Trinajstić information content (AvgIpc) is 3.87. The number of anilines is 3. The Hall–Kier alpha value is -7.50. The molecule has 9 aromatic carbocycles. The number of rotatable bonds is 6. The summed E-state index contributed by atoms with van der Waals surface area (Å²) in [4.78, 5) is 4.10. The zero-order valence-corrected chi connectivity index (χ0v) is 29.7. The van der Waals surface area contributed by atoms with Crippen molar-refractivity contribution in [2.24, 2.45) is 0 Å². The Morgan fingerprint density at radius 3 is 1.87 bits per heavy atom. The van der Waals surface area contributed by atoms with E-state index in [0.717, 1.165) is 94.0 Å². The van der Waals surface area contributed by atoms with E-state index in [9.17, 15) is 0 Å². The van der Waals surface area contributed by atoms with Crippen LogP contribution >= 0.6 is 0 Å². The quantitative estimate of drug-likeness (QED) is 0.162. The molecule has 2 aromatic heterocycles. The first-order chi connectivity index (χ1) is 27.2. The normalized spacial score (nSPS) is 11.6. The van der Waals surface area contributed by atoms with Crippen LogP contribution in [-0.4, -0.2) is 15.0 Å². The number of aromatic nitrogens is 3. The monoisotopic (exact) mass is 704 g/mol. The molecule has 0 aliphatic rings. The van der Waals surface area contributed by atoms with E-state index in [4.69, 9.17) is 14.6 Å². The molecule has 55 heavy (non-hydrogen) atoms. The lowest BCUT2D eigenvalue weighted by molar-refractivity contribution is 0.669. The fourth-order valence-corrected chi connectivity index (χ4v) is 8.03. The second-order valence-corrected chi connectivity index (χ2v) is 13.9. The van der Waals surface area contributed by atoms with Crippen LogP contribution < -0.4 is 4.90 Å². The molecule has 0 spiro atoms. The summed E-state index contributed by atoms with van der Waals surface area (Å²) in [5, 5.41) is 16.6. The van der Waals surface area contributed by atoms with E-state index < -0.39 is 0 Å². The number of fused-ring (bicyclic) bond motifs is 8. The second kappa shape index (κ2) is 12.6. The number of hydrogen-bond acceptors (Lipinski definition) is 4. The summed E-state index contributed by atoms with van der Waals surface area (Å²) in [7, 11) is 0. The van der Waals surface area contributed by atoms with Gasteiger partial charge in [-0.15, -0.1) is 10.2 Å². The molecule has 0 atom stereocenters. The van der Waals surface area contributed by atoms with E-state index in [0.29, 0.717) is 0 Å². The highest BCUT2D eigenvalue weighted by Crippen LogP contribution is 2.44. The van der Waals surface area contributed by atoms with Crippen molar-refractivity contribution in [2.75, 3.05) is 4.90 Å². The van der Waals surface area contributed by atoms with Crippen molar-refractivity contribution in [3.05, 3.63) is 194 Å². The molecule has 258 valence electrons. The molecule has 0 aliphatic heterocycles. The molecule has 0 saturated heterocycles. The van der Waals surface area contributed by atoms with Crippen LogP contribution in [0.25, 0.3) is 82.5 Å². The average molecular weight is 705 g/mol. The summed E-state index contributed by atoms with van der Waals surface area (Å²) in [6, 6.07) is 68.2. The lowest BCUT2D eigenvalue weighted by atomic mass is 9.96. The van der Waals surface area contributed by atoms with Crippen LogP contribution in [0.5, 0.6) is 0 Å². The zero-order chi connectivity index (χ0) is 36.3. The van der Waals surface area contributed by atoms with E-state index >= 15 is 0 Å². The Labute approximate surface area is 316 Å². The highest BCUT2D eigenvalue weighted by Gasteiger charge is 2.20. The molecule has 0 unspecified atom stereocenters. The maximum absolute atomic E-state index is 6.39. The van der Waals surface area contributed by atoms with Gasteiger partial charge in [0.25, 0.3) is 0 Å². The highest BCUT2D eigenvalue weighted by atomic mass is 16.3. The third kappa shape index (κ3) is 5.24. The first-order valence-electron chi connectivity index (χ1n) is 18.5. The van der Waals surface area contributed by atoms with Crippen LogP contribution in [0.15, 0.2) is 199 Å². The van der Waals surface area contributed by atoms with Gasteiger partial charge < -0.3 is 9.32 Å². The van der Waals surface area contributed by atoms with Gasteiger partial charge in [0.05, 0.1) is 16.8 Å². The van der Waals surface area contributed by atoms with Crippen LogP contribution in [0.1, 0.15) is 0 Å². The second-order valence-electron chi connectivity index (χ2n) is 13.9. The van der Waals surface area contributed by atoms with Crippen molar-refractivity contribution in [3.8, 4) is 27.9 Å². The van der Waals surface area contributed by atoms with Gasteiger partial charge in [-0.25, -0.2) is 0 Å². The largest absolute Gasteiger partial charge is 0.456 e. The zero-order valence-electron chi connectivity index (χ0n) is 29.7. The molecule has 2 heterocycles. The van der Waals surface area contributed by atoms with Crippen molar-refractivity contribution < 1.29 is 4.42 Å². The third-order valence-corrected chi connectivity index (χ3v) is 10.6. The standard InChI is InChI=1S/C50H32N4O/c1-3-12-33(13-4-1)35-14-9-18-40(31-35)53(45-21-11-23-47-49(45)43-20-7-8-22-46(43)55-47)41-19-10-15-36(32-41)37-26-28-42-38(30-37)25-24-34-27-29-44-50(48(34)42)52-54(51-44)39-16-5-2-6-17-39/h1-32H. The molecular formula is C50H32N4O. The first kappa shape index (κ1) is 31.1. The van der Waals surface area contributed by atoms with Gasteiger partial charge in [0.2, 0.25) is 0 Å². The molecule has 0 N–H and O–H groups in total. The van der Waals surface area contributed by atoms with Crippen molar-refractivity contribution in [3.63, 3.8) is 0 Å². The summed E-state index contributed by atoms with van der Waals surface area (Å²) >= 11 is 0. The molecule has 0 amide bonds.